The van der Waals surface area contributed by atoms with Gasteiger partial charge in [-0.3, -0.25) is 4.90 Å². The molecule has 2 aromatic heterocycles. The number of halogens is 1. The SMILES string of the molecule is C[C@@H]1Cc2c([nH]c3ccccc23)[C@@H](c2nnc(CC3CN(C(=O)OC(C)(C)C)C3)s2)N1CC(C)(C)F. The molecule has 194 valence electrons. The first-order chi connectivity index (χ1) is 16.9. The fourth-order valence-electron chi connectivity index (χ4n) is 5.33. The van der Waals surface area contributed by atoms with Gasteiger partial charge in [-0.05, 0) is 59.6 Å². The third-order valence-electron chi connectivity index (χ3n) is 6.86. The molecule has 2 aliphatic heterocycles. The topological polar surface area (TPSA) is 74.3 Å². The first-order valence-corrected chi connectivity index (χ1v) is 13.5. The number of hydrogen-bond acceptors (Lipinski definition) is 6. The van der Waals surface area contributed by atoms with Gasteiger partial charge in [0.05, 0.1) is 0 Å². The Morgan fingerprint density at radius 2 is 1.92 bits per heavy atom. The highest BCUT2D eigenvalue weighted by atomic mass is 32.1. The van der Waals surface area contributed by atoms with Crippen molar-refractivity contribution in [3.8, 4) is 0 Å². The van der Waals surface area contributed by atoms with E-state index in [0.29, 0.717) is 25.6 Å². The molecular weight excluding hydrogens is 477 g/mol. The number of nitrogens with one attached hydrogen (secondary N) is 1. The fraction of sp³-hybridized carbons (Fsp3) is 0.593. The van der Waals surface area contributed by atoms with Crippen molar-refractivity contribution in [2.45, 2.75) is 77.7 Å². The number of carbonyl (C=O) groups is 1. The van der Waals surface area contributed by atoms with E-state index < -0.39 is 11.3 Å². The van der Waals surface area contributed by atoms with Gasteiger partial charge in [0.15, 0.2) is 0 Å². The minimum Gasteiger partial charge on any atom is -0.444 e. The van der Waals surface area contributed by atoms with Gasteiger partial charge in [0.25, 0.3) is 0 Å². The van der Waals surface area contributed by atoms with E-state index in [0.717, 1.165) is 34.1 Å². The van der Waals surface area contributed by atoms with Gasteiger partial charge in [0, 0.05) is 54.6 Å². The van der Waals surface area contributed by atoms with E-state index in [1.54, 1.807) is 30.1 Å². The van der Waals surface area contributed by atoms with Crippen molar-refractivity contribution >= 4 is 28.3 Å². The molecule has 1 amide bonds. The third-order valence-corrected chi connectivity index (χ3v) is 7.86. The minimum atomic E-state index is -1.33. The van der Waals surface area contributed by atoms with Gasteiger partial charge in [-0.1, -0.05) is 29.5 Å². The zero-order valence-electron chi connectivity index (χ0n) is 22.0. The summed E-state index contributed by atoms with van der Waals surface area (Å²) in [6.07, 6.45) is 1.37. The number of para-hydroxylation sites is 1. The number of benzene rings is 1. The second kappa shape index (κ2) is 9.10. The predicted molar refractivity (Wildman–Crippen MR) is 140 cm³/mol. The van der Waals surface area contributed by atoms with Crippen molar-refractivity contribution in [2.24, 2.45) is 5.92 Å². The molecule has 3 aromatic rings. The van der Waals surface area contributed by atoms with Crippen LogP contribution in [0.1, 0.15) is 68.9 Å². The number of amides is 1. The van der Waals surface area contributed by atoms with Crippen LogP contribution in [0.5, 0.6) is 0 Å². The summed E-state index contributed by atoms with van der Waals surface area (Å²) in [4.78, 5) is 19.9. The average Bonchev–Trinajstić information content (AvgIpc) is 3.33. The van der Waals surface area contributed by atoms with E-state index in [4.69, 9.17) is 4.74 Å². The van der Waals surface area contributed by atoms with Gasteiger partial charge in [0.2, 0.25) is 0 Å². The Morgan fingerprint density at radius 1 is 1.19 bits per heavy atom. The number of aromatic amines is 1. The summed E-state index contributed by atoms with van der Waals surface area (Å²) in [5.74, 6) is 0.341. The second-order valence-corrected chi connectivity index (χ2v) is 13.0. The lowest BCUT2D eigenvalue weighted by Crippen LogP contribution is -2.52. The maximum Gasteiger partial charge on any atom is 0.410 e. The highest BCUT2D eigenvalue weighted by Crippen LogP contribution is 2.42. The number of likely N-dealkylation sites (tertiary alicyclic amines) is 1. The summed E-state index contributed by atoms with van der Waals surface area (Å²) in [6.45, 7) is 12.7. The molecule has 1 N–H and O–H groups in total. The number of alkyl halides is 1. The number of fused-ring (bicyclic) bond motifs is 3. The Kier molecular flexibility index (Phi) is 6.35. The zero-order chi connectivity index (χ0) is 25.8. The maximum atomic E-state index is 14.9. The quantitative estimate of drug-likeness (QED) is 0.487. The molecule has 0 radical (unpaired) electrons. The minimum absolute atomic E-state index is 0.165. The van der Waals surface area contributed by atoms with Crippen LogP contribution in [0, 0.1) is 5.92 Å². The van der Waals surface area contributed by atoms with Crippen LogP contribution in [-0.4, -0.2) is 68.0 Å². The first kappa shape index (κ1) is 25.1. The second-order valence-electron chi connectivity index (χ2n) is 11.9. The lowest BCUT2D eigenvalue weighted by Gasteiger charge is -2.41. The van der Waals surface area contributed by atoms with E-state index in [-0.39, 0.29) is 18.2 Å². The number of hydrogen-bond donors (Lipinski definition) is 1. The number of ether oxygens (including phenoxy) is 1. The molecular formula is C27H36FN5O2S. The highest BCUT2D eigenvalue weighted by Gasteiger charge is 2.41. The molecule has 4 heterocycles. The molecule has 2 aliphatic rings. The van der Waals surface area contributed by atoms with Gasteiger partial charge in [-0.15, -0.1) is 10.2 Å². The van der Waals surface area contributed by atoms with Crippen molar-refractivity contribution in [3.63, 3.8) is 0 Å². The standard InChI is InChI=1S/C27H36FN5O2S/c1-16-11-19-18-9-7-8-10-20(18)29-22(19)23(33(16)15-27(5,6)28)24-31-30-21(36-24)12-17-13-32(14-17)25(34)35-26(2,3)4/h7-10,16-17,23,29H,11-15H2,1-6H3/t16-,23+/m1/s1. The van der Waals surface area contributed by atoms with Gasteiger partial charge >= 0.3 is 6.09 Å². The normalized spacial score (nSPS) is 21.5. The van der Waals surface area contributed by atoms with Gasteiger partial charge < -0.3 is 14.6 Å². The Balaban J connectivity index is 1.37. The largest absolute Gasteiger partial charge is 0.444 e. The smallest absolute Gasteiger partial charge is 0.410 e. The molecule has 0 saturated carbocycles. The van der Waals surface area contributed by atoms with Crippen LogP contribution in [0.15, 0.2) is 24.3 Å². The molecule has 1 aromatic carbocycles. The van der Waals surface area contributed by atoms with Crippen LogP contribution >= 0.6 is 11.3 Å². The maximum absolute atomic E-state index is 14.9. The van der Waals surface area contributed by atoms with E-state index in [1.807, 2.05) is 26.8 Å². The summed E-state index contributed by atoms with van der Waals surface area (Å²) < 4.78 is 20.4. The third kappa shape index (κ3) is 5.13. The number of aromatic nitrogens is 3. The Morgan fingerprint density at radius 3 is 2.61 bits per heavy atom. The highest BCUT2D eigenvalue weighted by molar-refractivity contribution is 7.11. The van der Waals surface area contributed by atoms with Crippen molar-refractivity contribution in [1.29, 1.82) is 0 Å². The lowest BCUT2D eigenvalue weighted by molar-refractivity contribution is -0.000903. The number of carbonyl (C=O) groups excluding carboxylic acids is 1. The monoisotopic (exact) mass is 513 g/mol. The Hall–Kier alpha value is -2.52. The summed E-state index contributed by atoms with van der Waals surface area (Å²) in [6, 6.07) is 8.34. The molecule has 5 rings (SSSR count). The average molecular weight is 514 g/mol. The predicted octanol–water partition coefficient (Wildman–Crippen LogP) is 5.51. The molecule has 0 unspecified atom stereocenters. The Labute approximate surface area is 216 Å². The van der Waals surface area contributed by atoms with Crippen molar-refractivity contribution in [3.05, 3.63) is 45.5 Å². The van der Waals surface area contributed by atoms with E-state index in [2.05, 4.69) is 45.2 Å². The molecule has 1 saturated heterocycles. The summed E-state index contributed by atoms with van der Waals surface area (Å²) >= 11 is 1.60. The number of nitrogens with zero attached hydrogens (tertiary/aromatic N) is 4. The van der Waals surface area contributed by atoms with Gasteiger partial charge in [0.1, 0.15) is 27.3 Å². The van der Waals surface area contributed by atoms with Crippen LogP contribution in [0.25, 0.3) is 10.9 Å². The Bertz CT molecular complexity index is 1250. The van der Waals surface area contributed by atoms with Crippen molar-refractivity contribution in [1.82, 2.24) is 25.0 Å². The molecule has 0 aliphatic carbocycles. The van der Waals surface area contributed by atoms with Gasteiger partial charge in [-0.2, -0.15) is 0 Å². The zero-order valence-corrected chi connectivity index (χ0v) is 22.8. The number of rotatable bonds is 5. The van der Waals surface area contributed by atoms with Crippen LogP contribution < -0.4 is 0 Å². The molecule has 1 fully saturated rings. The van der Waals surface area contributed by atoms with Crippen LogP contribution in [0.4, 0.5) is 9.18 Å². The van der Waals surface area contributed by atoms with Crippen LogP contribution in [0.2, 0.25) is 0 Å². The van der Waals surface area contributed by atoms with Crippen LogP contribution in [0.3, 0.4) is 0 Å². The molecule has 0 spiro atoms. The molecule has 2 atom stereocenters. The molecule has 36 heavy (non-hydrogen) atoms. The fourth-order valence-corrected chi connectivity index (χ4v) is 6.42. The molecule has 9 heteroatoms. The first-order valence-electron chi connectivity index (χ1n) is 12.7. The summed E-state index contributed by atoms with van der Waals surface area (Å²) in [5, 5.41) is 12.2. The lowest BCUT2D eigenvalue weighted by atomic mass is 9.91. The molecule has 0 bridgehead atoms. The van der Waals surface area contributed by atoms with E-state index in [1.165, 1.54) is 10.9 Å². The van der Waals surface area contributed by atoms with Gasteiger partial charge in [-0.25, -0.2) is 9.18 Å². The summed E-state index contributed by atoms with van der Waals surface area (Å²) in [5.41, 5.74) is 1.67. The van der Waals surface area contributed by atoms with Crippen molar-refractivity contribution < 1.29 is 13.9 Å². The van der Waals surface area contributed by atoms with Crippen LogP contribution in [-0.2, 0) is 17.6 Å². The van der Waals surface area contributed by atoms with E-state index in [9.17, 15) is 9.18 Å². The molecule has 7 nitrogen and oxygen atoms in total. The number of H-pyrrole nitrogens is 1. The van der Waals surface area contributed by atoms with E-state index >= 15 is 0 Å². The summed E-state index contributed by atoms with van der Waals surface area (Å²) in [7, 11) is 0. The van der Waals surface area contributed by atoms with Crippen molar-refractivity contribution in [2.75, 3.05) is 19.6 Å².